The monoisotopic (exact) mass is 379 g/mol. The van der Waals surface area contributed by atoms with E-state index in [1.54, 1.807) is 7.05 Å². The van der Waals surface area contributed by atoms with Gasteiger partial charge in [-0.05, 0) is 19.0 Å². The number of aliphatic carboxylic acids is 1. The molecule has 2 aliphatic rings. The molecule has 0 fully saturated rings. The van der Waals surface area contributed by atoms with Gasteiger partial charge in [0.2, 0.25) is 0 Å². The zero-order valence-electron chi connectivity index (χ0n) is 15.6. The molecule has 0 saturated carbocycles. The summed E-state index contributed by atoms with van der Waals surface area (Å²) in [4.78, 5) is 27.8. The van der Waals surface area contributed by atoms with Crippen LogP contribution in [0.5, 0.6) is 0 Å². The van der Waals surface area contributed by atoms with Crippen LogP contribution in [0.15, 0.2) is 40.7 Å². The number of carbonyl (C=O) groups is 2. The number of nitrogens with zero attached hydrogens (tertiary/aromatic N) is 2. The van der Waals surface area contributed by atoms with Crippen LogP contribution in [0.25, 0.3) is 0 Å². The molecule has 9 heteroatoms. The predicted molar refractivity (Wildman–Crippen MR) is 103 cm³/mol. The number of likely N-dealkylation sites (N-methyl/N-ethyl adjacent to an activating group) is 1. The number of hydrogen-bond donors (Lipinski definition) is 4. The van der Waals surface area contributed by atoms with E-state index in [9.17, 15) is 9.59 Å². The van der Waals surface area contributed by atoms with Gasteiger partial charge in [-0.15, -0.1) is 0 Å². The fourth-order valence-corrected chi connectivity index (χ4v) is 2.92. The molecule has 0 radical (unpaired) electrons. The zero-order valence-corrected chi connectivity index (χ0v) is 15.6. The van der Waals surface area contributed by atoms with Gasteiger partial charge in [0.25, 0.3) is 5.91 Å². The lowest BCUT2D eigenvalue weighted by molar-refractivity contribution is -0.135. The van der Waals surface area contributed by atoms with E-state index in [1.165, 1.54) is 0 Å². The molecule has 1 atom stereocenters. The van der Waals surface area contributed by atoms with Crippen molar-refractivity contribution in [3.63, 3.8) is 0 Å². The predicted octanol–water partition coefficient (Wildman–Crippen LogP) is 1.29. The molecular formula is C18H26FN5O3. The van der Waals surface area contributed by atoms with Gasteiger partial charge < -0.3 is 26.4 Å². The summed E-state index contributed by atoms with van der Waals surface area (Å²) in [6.45, 7) is 5.26. The number of amides is 1. The Kier molecular flexibility index (Phi) is 7.92. The van der Waals surface area contributed by atoms with Crippen LogP contribution in [0.2, 0.25) is 0 Å². The molecule has 27 heavy (non-hydrogen) atoms. The number of para-hydroxylation sites is 1. The molecule has 0 saturated heterocycles. The number of aliphatic imine (C=N–C) groups is 1. The Morgan fingerprint density at radius 2 is 2.04 bits per heavy atom. The molecule has 0 spiro atoms. The number of carboxylic acid groups (broad SMARTS) is 1. The van der Waals surface area contributed by atoms with Gasteiger partial charge in [0.05, 0.1) is 18.6 Å². The summed E-state index contributed by atoms with van der Waals surface area (Å²) in [5.41, 5.74) is 8.65. The third-order valence-electron chi connectivity index (χ3n) is 3.86. The van der Waals surface area contributed by atoms with Gasteiger partial charge in [-0.2, -0.15) is 0 Å². The number of carboxylic acids is 1. The van der Waals surface area contributed by atoms with Crippen molar-refractivity contribution < 1.29 is 19.4 Å². The Hall–Kier alpha value is -2.94. The van der Waals surface area contributed by atoms with Crippen LogP contribution >= 0.6 is 0 Å². The van der Waals surface area contributed by atoms with Gasteiger partial charge >= 0.3 is 5.97 Å². The minimum Gasteiger partial charge on any atom is -0.480 e. The number of nitrogens with two attached hydrogens (primary N) is 1. The molecule has 5 N–H and O–H groups in total. The summed E-state index contributed by atoms with van der Waals surface area (Å²) in [6, 6.07) is 7.95. The summed E-state index contributed by atoms with van der Waals surface area (Å²) >= 11 is 0. The van der Waals surface area contributed by atoms with Crippen molar-refractivity contribution >= 4 is 23.9 Å². The summed E-state index contributed by atoms with van der Waals surface area (Å²) in [6.07, 6.45) is 1.81. The maximum Gasteiger partial charge on any atom is 0.317 e. The molecular weight excluding hydrogens is 353 g/mol. The van der Waals surface area contributed by atoms with E-state index in [1.807, 2.05) is 24.5 Å². The zero-order chi connectivity index (χ0) is 19.3. The van der Waals surface area contributed by atoms with Gasteiger partial charge in [-0.3, -0.25) is 14.3 Å². The first-order valence-electron chi connectivity index (χ1n) is 8.41. The lowest BCUT2D eigenvalue weighted by Gasteiger charge is -2.32. The second-order valence-corrected chi connectivity index (χ2v) is 6.50. The Morgan fingerprint density at radius 1 is 1.37 bits per heavy atom. The van der Waals surface area contributed by atoms with Crippen molar-refractivity contribution in [3.8, 4) is 0 Å². The molecule has 1 unspecified atom stereocenters. The second-order valence-electron chi connectivity index (χ2n) is 6.50. The van der Waals surface area contributed by atoms with E-state index >= 15 is 0 Å². The summed E-state index contributed by atoms with van der Waals surface area (Å²) in [7, 11) is 1.59. The quantitative estimate of drug-likeness (QED) is 0.612. The van der Waals surface area contributed by atoms with Crippen LogP contribution in [0.1, 0.15) is 25.5 Å². The third-order valence-corrected chi connectivity index (χ3v) is 3.86. The van der Waals surface area contributed by atoms with Crippen LogP contribution in [-0.4, -0.2) is 48.4 Å². The van der Waals surface area contributed by atoms with Gasteiger partial charge in [-0.25, -0.2) is 4.99 Å². The number of primary amides is 1. The van der Waals surface area contributed by atoms with Gasteiger partial charge in [-0.1, -0.05) is 32.0 Å². The van der Waals surface area contributed by atoms with Crippen LogP contribution < -0.4 is 16.4 Å². The fraction of sp³-hybridized carbons (Fsp3) is 0.389. The van der Waals surface area contributed by atoms with Crippen molar-refractivity contribution in [3.05, 3.63) is 41.2 Å². The summed E-state index contributed by atoms with van der Waals surface area (Å²) < 4.78 is 0. The number of anilines is 1. The molecule has 1 amide bonds. The summed E-state index contributed by atoms with van der Waals surface area (Å²) in [5.74, 6) is -0.777. The Morgan fingerprint density at radius 3 is 2.56 bits per heavy atom. The molecule has 3 rings (SSSR count). The largest absolute Gasteiger partial charge is 0.480 e. The van der Waals surface area contributed by atoms with Gasteiger partial charge in [0, 0.05) is 17.8 Å². The Balaban J connectivity index is 0.000000456. The maximum atomic E-state index is 11.6. The number of benzene rings is 1. The van der Waals surface area contributed by atoms with E-state index < -0.39 is 11.9 Å². The normalized spacial score (nSPS) is 16.6. The lowest BCUT2D eigenvalue weighted by atomic mass is 9.95. The van der Waals surface area contributed by atoms with Crippen molar-refractivity contribution in [1.29, 1.82) is 0 Å². The molecule has 0 aliphatic carbocycles. The molecule has 8 nitrogen and oxygen atoms in total. The second kappa shape index (κ2) is 9.67. The molecule has 2 heterocycles. The minimum absolute atomic E-state index is 0. The standard InChI is InChI=1S/C15H18N4O.C3H7NO2.FH/c1-9(2)7-19-8-17-12-13(15(16)20)18-11-6-4-3-5-10(11)14(12)19;1-4-2-3(5)6;/h3-6,8-9,14,18H,7H2,1-2H3,(H2,16,20);4H,2H2,1H3,(H,5,6);1H. The van der Waals surface area contributed by atoms with Crippen molar-refractivity contribution in [2.75, 3.05) is 25.5 Å². The SMILES string of the molecule is CC(C)CN1C=NC2=C(C(N)=O)Nc3ccccc3C21.CNCC(=O)O.F. The number of halogens is 1. The first-order chi connectivity index (χ1) is 12.3. The highest BCUT2D eigenvalue weighted by molar-refractivity contribution is 5.98. The van der Waals surface area contributed by atoms with Crippen LogP contribution in [0, 0.1) is 5.92 Å². The third kappa shape index (κ3) is 5.27. The van der Waals surface area contributed by atoms with E-state index in [4.69, 9.17) is 10.8 Å². The minimum atomic E-state index is -0.822. The number of rotatable bonds is 5. The Bertz CT molecular complexity index is 748. The molecule has 148 valence electrons. The number of hydrogen-bond acceptors (Lipinski definition) is 6. The highest BCUT2D eigenvalue weighted by Crippen LogP contribution is 2.42. The topological polar surface area (TPSA) is 120 Å². The number of nitrogens with one attached hydrogen (secondary N) is 2. The molecule has 1 aromatic rings. The molecule has 1 aromatic carbocycles. The molecule has 2 aliphatic heterocycles. The van der Waals surface area contributed by atoms with E-state index in [0.717, 1.165) is 23.5 Å². The van der Waals surface area contributed by atoms with Gasteiger partial charge in [0.15, 0.2) is 0 Å². The first-order valence-corrected chi connectivity index (χ1v) is 8.41. The molecule has 0 bridgehead atoms. The van der Waals surface area contributed by atoms with Crippen molar-refractivity contribution in [2.45, 2.75) is 19.9 Å². The Labute approximate surface area is 157 Å². The highest BCUT2D eigenvalue weighted by atomic mass is 19.0. The average Bonchev–Trinajstić information content (AvgIpc) is 2.97. The number of carbonyl (C=O) groups excluding carboxylic acids is 1. The van der Waals surface area contributed by atoms with Crippen LogP contribution in [0.4, 0.5) is 10.4 Å². The van der Waals surface area contributed by atoms with E-state index in [-0.39, 0.29) is 17.3 Å². The summed E-state index contributed by atoms with van der Waals surface area (Å²) in [5, 5.41) is 13.4. The lowest BCUT2D eigenvalue weighted by Crippen LogP contribution is -2.33. The molecule has 0 aromatic heterocycles. The van der Waals surface area contributed by atoms with Crippen LogP contribution in [0.3, 0.4) is 0 Å². The average molecular weight is 379 g/mol. The van der Waals surface area contributed by atoms with E-state index in [2.05, 4.69) is 40.4 Å². The maximum absolute atomic E-state index is 11.6. The smallest absolute Gasteiger partial charge is 0.317 e. The first kappa shape index (κ1) is 22.1. The van der Waals surface area contributed by atoms with Crippen molar-refractivity contribution in [1.82, 2.24) is 10.2 Å². The fourth-order valence-electron chi connectivity index (χ4n) is 2.92. The highest BCUT2D eigenvalue weighted by Gasteiger charge is 2.36. The van der Waals surface area contributed by atoms with Gasteiger partial charge in [0.1, 0.15) is 11.7 Å². The van der Waals surface area contributed by atoms with Crippen molar-refractivity contribution in [2.24, 2.45) is 16.6 Å². The van der Waals surface area contributed by atoms with Crippen LogP contribution in [-0.2, 0) is 9.59 Å². The van der Waals surface area contributed by atoms with E-state index in [0.29, 0.717) is 11.6 Å². The number of fused-ring (bicyclic) bond motifs is 3.